The molecule has 0 saturated carbocycles. The fraction of sp³-hybridized carbons (Fsp3) is 0.316. The van der Waals surface area contributed by atoms with E-state index >= 15 is 0 Å². The van der Waals surface area contributed by atoms with Crippen LogP contribution in [-0.2, 0) is 25.6 Å². The highest BCUT2D eigenvalue weighted by Gasteiger charge is 2.31. The average Bonchev–Trinajstić information content (AvgIpc) is 3.44. The molecule has 3 N–H and O–H groups in total. The maximum absolute atomic E-state index is 11.0. The largest absolute Gasteiger partial charge is 0.361 e. The van der Waals surface area contributed by atoms with Gasteiger partial charge >= 0.3 is 10.3 Å². The van der Waals surface area contributed by atoms with Crippen LogP contribution in [-0.4, -0.2) is 40.6 Å². The Kier molecular flexibility index (Phi) is 5.30. The number of nitrogens with two attached hydrogens (primary N) is 1. The molecule has 5 rings (SSSR count). The van der Waals surface area contributed by atoms with Gasteiger partial charge in [0.1, 0.15) is 6.23 Å². The summed E-state index contributed by atoms with van der Waals surface area (Å²) in [6.07, 6.45) is 5.85. The summed E-state index contributed by atoms with van der Waals surface area (Å²) in [5.74, 6) is 0.548. The Morgan fingerprint density at radius 1 is 1.29 bits per heavy atom. The molecule has 1 aromatic carbocycles. The van der Waals surface area contributed by atoms with E-state index in [2.05, 4.69) is 36.6 Å². The summed E-state index contributed by atoms with van der Waals surface area (Å²) in [4.78, 5) is 13.1. The summed E-state index contributed by atoms with van der Waals surface area (Å²) in [6, 6.07) is 8.42. The molecule has 1 aliphatic heterocycles. The molecule has 3 atom stereocenters. The van der Waals surface area contributed by atoms with E-state index in [1.54, 1.807) is 23.7 Å². The van der Waals surface area contributed by atoms with Gasteiger partial charge in [0.15, 0.2) is 17.0 Å². The maximum Gasteiger partial charge on any atom is 0.333 e. The SMILES string of the molecule is NS(=O)(=O)OC[C@H]1[CH][CH][C@H](n2cnc3c(N[C@H]4CCc5ccccc54)nc(Cl)nc32)O1. The molecule has 0 amide bonds. The summed E-state index contributed by atoms with van der Waals surface area (Å²) < 4.78 is 34.1. The second-order valence-corrected chi connectivity index (χ2v) is 8.89. The quantitative estimate of drug-likeness (QED) is 0.532. The van der Waals surface area contributed by atoms with Gasteiger partial charge < -0.3 is 10.1 Å². The molecule has 162 valence electrons. The van der Waals surface area contributed by atoms with Crippen molar-refractivity contribution in [1.29, 1.82) is 0 Å². The van der Waals surface area contributed by atoms with E-state index < -0.39 is 22.6 Å². The van der Waals surface area contributed by atoms with Gasteiger partial charge in [-0.2, -0.15) is 18.4 Å². The Hall–Kier alpha value is -2.31. The number of aryl methyl sites for hydroxylation is 1. The van der Waals surface area contributed by atoms with E-state index in [0.29, 0.717) is 17.0 Å². The number of ether oxygens (including phenoxy) is 1. The van der Waals surface area contributed by atoms with Gasteiger partial charge in [0.25, 0.3) is 0 Å². The van der Waals surface area contributed by atoms with Gasteiger partial charge in [-0.15, -0.1) is 0 Å². The highest BCUT2D eigenvalue weighted by Crippen LogP contribution is 2.36. The van der Waals surface area contributed by atoms with Crippen molar-refractivity contribution in [1.82, 2.24) is 19.5 Å². The monoisotopic (exact) mass is 462 g/mol. The lowest BCUT2D eigenvalue weighted by Crippen LogP contribution is -2.23. The lowest BCUT2D eigenvalue weighted by atomic mass is 10.1. The number of imidazole rings is 1. The third kappa shape index (κ3) is 4.23. The van der Waals surface area contributed by atoms with Gasteiger partial charge in [0.2, 0.25) is 5.28 Å². The van der Waals surface area contributed by atoms with Crippen molar-refractivity contribution in [3.8, 4) is 0 Å². The predicted molar refractivity (Wildman–Crippen MR) is 113 cm³/mol. The summed E-state index contributed by atoms with van der Waals surface area (Å²) in [6.45, 7) is -0.220. The molecule has 2 aliphatic rings. The zero-order valence-corrected chi connectivity index (χ0v) is 17.8. The molecule has 0 spiro atoms. The van der Waals surface area contributed by atoms with Gasteiger partial charge in [0.05, 0.1) is 25.1 Å². The van der Waals surface area contributed by atoms with Crippen molar-refractivity contribution in [3.63, 3.8) is 0 Å². The number of fused-ring (bicyclic) bond motifs is 2. The molecular weight excluding hydrogens is 444 g/mol. The van der Waals surface area contributed by atoms with Gasteiger partial charge in [-0.1, -0.05) is 24.3 Å². The fourth-order valence-electron chi connectivity index (χ4n) is 3.95. The third-order valence-corrected chi connectivity index (χ3v) is 5.95. The van der Waals surface area contributed by atoms with E-state index in [9.17, 15) is 8.42 Å². The smallest absolute Gasteiger partial charge is 0.333 e. The second kappa shape index (κ2) is 7.99. The van der Waals surface area contributed by atoms with Gasteiger partial charge in [-0.25, -0.2) is 10.1 Å². The van der Waals surface area contributed by atoms with Crippen molar-refractivity contribution >= 4 is 38.9 Å². The number of anilines is 1. The van der Waals surface area contributed by atoms with Crippen molar-refractivity contribution in [3.05, 3.63) is 59.8 Å². The highest BCUT2D eigenvalue weighted by molar-refractivity contribution is 7.84. The van der Waals surface area contributed by atoms with Crippen molar-refractivity contribution < 1.29 is 17.3 Å². The first kappa shape index (κ1) is 20.6. The van der Waals surface area contributed by atoms with E-state index in [4.69, 9.17) is 21.5 Å². The molecular formula is C19H19ClN6O4S. The molecule has 3 heterocycles. The first-order valence-corrected chi connectivity index (χ1v) is 11.5. The van der Waals surface area contributed by atoms with Gasteiger partial charge in [-0.3, -0.25) is 8.75 Å². The Balaban J connectivity index is 1.38. The lowest BCUT2D eigenvalue weighted by molar-refractivity contribution is 0.000158. The minimum Gasteiger partial charge on any atom is -0.361 e. The Morgan fingerprint density at radius 2 is 2.13 bits per heavy atom. The number of hydrogen-bond acceptors (Lipinski definition) is 8. The fourth-order valence-corrected chi connectivity index (χ4v) is 4.44. The van der Waals surface area contributed by atoms with Crippen LogP contribution >= 0.6 is 11.6 Å². The van der Waals surface area contributed by atoms with Crippen LogP contribution in [0.25, 0.3) is 11.2 Å². The zero-order valence-electron chi connectivity index (χ0n) is 16.2. The number of benzene rings is 1. The molecule has 0 unspecified atom stereocenters. The Bertz CT molecular complexity index is 1230. The standard InChI is InChI=1S/C19H19ClN6O4S/c20-19-24-17(23-14-7-5-11-3-1-2-4-13(11)14)16-18(25-19)26(10-22-16)15-8-6-12(30-15)9-29-31(21,27)28/h1-4,6,8,10,12,14-15H,5,7,9H2,(H2,21,27,28)(H,23,24,25)/t12-,14+,15-/m1/s1. The number of nitrogens with one attached hydrogen (secondary N) is 1. The Morgan fingerprint density at radius 3 is 2.97 bits per heavy atom. The minimum absolute atomic E-state index is 0.0825. The zero-order chi connectivity index (χ0) is 21.6. The summed E-state index contributed by atoms with van der Waals surface area (Å²) in [5.41, 5.74) is 3.62. The molecule has 1 aliphatic carbocycles. The molecule has 0 bridgehead atoms. The van der Waals surface area contributed by atoms with Gasteiger partial charge in [-0.05, 0) is 35.6 Å². The molecule has 1 fully saturated rings. The van der Waals surface area contributed by atoms with E-state index in [0.717, 1.165) is 12.8 Å². The lowest BCUT2D eigenvalue weighted by Gasteiger charge is -2.16. The van der Waals surface area contributed by atoms with Crippen LogP contribution in [0.15, 0.2) is 30.6 Å². The topological polar surface area (TPSA) is 134 Å². The van der Waals surface area contributed by atoms with E-state index in [1.165, 1.54) is 11.1 Å². The van der Waals surface area contributed by atoms with E-state index in [1.807, 2.05) is 12.1 Å². The van der Waals surface area contributed by atoms with E-state index in [-0.39, 0.29) is 17.9 Å². The van der Waals surface area contributed by atoms with Crippen LogP contribution in [0, 0.1) is 12.8 Å². The first-order valence-electron chi connectivity index (χ1n) is 9.63. The van der Waals surface area contributed by atoms with Gasteiger partial charge in [0, 0.05) is 12.8 Å². The van der Waals surface area contributed by atoms with Crippen LogP contribution in [0.1, 0.15) is 29.8 Å². The molecule has 2 aromatic heterocycles. The van der Waals surface area contributed by atoms with Crippen molar-refractivity contribution in [2.24, 2.45) is 5.14 Å². The normalized spacial score (nSPS) is 23.4. The maximum atomic E-state index is 11.0. The molecule has 12 heteroatoms. The number of rotatable bonds is 6. The van der Waals surface area contributed by atoms with Crippen LogP contribution in [0.4, 0.5) is 5.82 Å². The molecule has 31 heavy (non-hydrogen) atoms. The highest BCUT2D eigenvalue weighted by atomic mass is 35.5. The Labute approximate surface area is 184 Å². The van der Waals surface area contributed by atoms with Crippen LogP contribution < -0.4 is 10.5 Å². The van der Waals surface area contributed by atoms with Crippen molar-refractivity contribution in [2.45, 2.75) is 31.2 Å². The van der Waals surface area contributed by atoms with Crippen molar-refractivity contribution in [2.75, 3.05) is 11.9 Å². The second-order valence-electron chi connectivity index (χ2n) is 7.33. The summed E-state index contributed by atoms with van der Waals surface area (Å²) in [7, 11) is -4.04. The summed E-state index contributed by atoms with van der Waals surface area (Å²) >= 11 is 6.21. The molecule has 10 nitrogen and oxygen atoms in total. The first-order chi connectivity index (χ1) is 14.9. The number of nitrogens with zero attached hydrogens (tertiary/aromatic N) is 4. The number of aromatic nitrogens is 4. The van der Waals surface area contributed by atoms with Crippen LogP contribution in [0.2, 0.25) is 5.28 Å². The predicted octanol–water partition coefficient (Wildman–Crippen LogP) is 2.11. The van der Waals surface area contributed by atoms with Crippen LogP contribution in [0.3, 0.4) is 0 Å². The summed E-state index contributed by atoms with van der Waals surface area (Å²) in [5, 5.41) is 8.41. The third-order valence-electron chi connectivity index (χ3n) is 5.31. The number of hydrogen-bond donors (Lipinski definition) is 2. The molecule has 3 aromatic rings. The average molecular weight is 463 g/mol. The minimum atomic E-state index is -4.04. The molecule has 2 radical (unpaired) electrons. The molecule has 1 saturated heterocycles. The van der Waals surface area contributed by atoms with Crippen LogP contribution in [0.5, 0.6) is 0 Å². The number of halogens is 1.